The van der Waals surface area contributed by atoms with Gasteiger partial charge >= 0.3 is 5.97 Å². The van der Waals surface area contributed by atoms with Crippen molar-refractivity contribution in [3.63, 3.8) is 0 Å². The Balaban J connectivity index is 1.98. The highest BCUT2D eigenvalue weighted by Crippen LogP contribution is 2.22. The van der Waals surface area contributed by atoms with Crippen molar-refractivity contribution in [2.24, 2.45) is 5.92 Å². The summed E-state index contributed by atoms with van der Waals surface area (Å²) < 4.78 is 10.1. The van der Waals surface area contributed by atoms with E-state index in [0.29, 0.717) is 24.9 Å². The van der Waals surface area contributed by atoms with Crippen LogP contribution in [0.25, 0.3) is 0 Å². The summed E-state index contributed by atoms with van der Waals surface area (Å²) in [5.41, 5.74) is 0. The lowest BCUT2D eigenvalue weighted by Crippen LogP contribution is -2.11. The molecular formula is C17H30O4. The lowest BCUT2D eigenvalue weighted by atomic mass is 9.91. The number of carbonyl (C=O) groups excluding carboxylic acids is 2. The van der Waals surface area contributed by atoms with E-state index in [-0.39, 0.29) is 11.9 Å². The number of Topliss-reactive ketones (excluding diaryl/α,β-unsaturated/α-hetero) is 1. The summed E-state index contributed by atoms with van der Waals surface area (Å²) in [6.07, 6.45) is 9.27. The van der Waals surface area contributed by atoms with Gasteiger partial charge in [0.2, 0.25) is 0 Å². The van der Waals surface area contributed by atoms with Gasteiger partial charge in [0.15, 0.2) is 0 Å². The number of esters is 1. The Hall–Kier alpha value is -0.900. The maximum atomic E-state index is 11.6. The largest absolute Gasteiger partial charge is 0.466 e. The number of ether oxygens (including phenoxy) is 2. The molecule has 0 spiro atoms. The van der Waals surface area contributed by atoms with Crippen LogP contribution in [0.15, 0.2) is 0 Å². The van der Waals surface area contributed by atoms with Crippen LogP contribution in [0, 0.1) is 5.92 Å². The van der Waals surface area contributed by atoms with Crippen molar-refractivity contribution in [3.05, 3.63) is 0 Å². The Kier molecular flexibility index (Phi) is 9.31. The summed E-state index contributed by atoms with van der Waals surface area (Å²) >= 11 is 0. The number of hydrogen-bond acceptors (Lipinski definition) is 4. The van der Waals surface area contributed by atoms with Gasteiger partial charge < -0.3 is 9.47 Å². The second-order valence-electron chi connectivity index (χ2n) is 5.95. The van der Waals surface area contributed by atoms with Crippen molar-refractivity contribution < 1.29 is 19.1 Å². The van der Waals surface area contributed by atoms with Crippen LogP contribution in [-0.2, 0) is 19.1 Å². The van der Waals surface area contributed by atoms with E-state index >= 15 is 0 Å². The highest BCUT2D eigenvalue weighted by atomic mass is 16.6. The number of hydrogen-bond donors (Lipinski definition) is 0. The van der Waals surface area contributed by atoms with E-state index in [9.17, 15) is 9.59 Å². The molecule has 122 valence electrons. The predicted molar refractivity (Wildman–Crippen MR) is 82.1 cm³/mol. The second-order valence-corrected chi connectivity index (χ2v) is 5.95. The number of unbranched alkanes of at least 4 members (excludes halogenated alkanes) is 3. The molecule has 4 nitrogen and oxygen atoms in total. The molecular weight excluding hydrogens is 268 g/mol. The molecule has 0 aromatic rings. The van der Waals surface area contributed by atoms with E-state index in [4.69, 9.17) is 9.47 Å². The lowest BCUT2D eigenvalue weighted by Gasteiger charge is -2.13. The Bertz CT molecular complexity index is 310. The van der Waals surface area contributed by atoms with Crippen LogP contribution in [0.1, 0.15) is 71.6 Å². The van der Waals surface area contributed by atoms with Crippen LogP contribution in [-0.4, -0.2) is 31.1 Å². The third kappa shape index (κ3) is 9.62. The minimum absolute atomic E-state index is 0.0959. The summed E-state index contributed by atoms with van der Waals surface area (Å²) in [4.78, 5) is 22.8. The first kappa shape index (κ1) is 18.1. The molecule has 0 aromatic carbocycles. The summed E-state index contributed by atoms with van der Waals surface area (Å²) in [5.74, 6) is 0.438. The summed E-state index contributed by atoms with van der Waals surface area (Å²) in [6.45, 7) is 4.91. The van der Waals surface area contributed by atoms with Crippen molar-refractivity contribution in [2.45, 2.75) is 77.7 Å². The number of carbonyl (C=O) groups is 2. The molecule has 0 aromatic heterocycles. The van der Waals surface area contributed by atoms with Crippen LogP contribution in [0.2, 0.25) is 0 Å². The van der Waals surface area contributed by atoms with Gasteiger partial charge in [-0.15, -0.1) is 0 Å². The molecule has 2 atom stereocenters. The third-order valence-corrected chi connectivity index (χ3v) is 4.04. The quantitative estimate of drug-likeness (QED) is 0.296. The van der Waals surface area contributed by atoms with E-state index in [1.54, 1.807) is 6.92 Å². The second kappa shape index (κ2) is 10.8. The van der Waals surface area contributed by atoms with Crippen LogP contribution < -0.4 is 0 Å². The zero-order chi connectivity index (χ0) is 15.5. The van der Waals surface area contributed by atoms with E-state index in [2.05, 4.69) is 0 Å². The molecule has 1 rings (SSSR count). The van der Waals surface area contributed by atoms with Gasteiger partial charge in [0.05, 0.1) is 19.3 Å². The first-order valence-corrected chi connectivity index (χ1v) is 8.41. The van der Waals surface area contributed by atoms with E-state index in [1.807, 2.05) is 6.92 Å². The van der Waals surface area contributed by atoms with Gasteiger partial charge in [-0.1, -0.05) is 25.7 Å². The highest BCUT2D eigenvalue weighted by molar-refractivity contribution is 5.78. The van der Waals surface area contributed by atoms with Gasteiger partial charge in [0, 0.05) is 12.3 Å². The smallest absolute Gasteiger partial charge is 0.305 e. The molecule has 2 unspecified atom stereocenters. The van der Waals surface area contributed by atoms with Crippen LogP contribution >= 0.6 is 0 Å². The Morgan fingerprint density at radius 1 is 1.14 bits per heavy atom. The summed E-state index contributed by atoms with van der Waals surface area (Å²) in [5, 5.41) is 0. The van der Waals surface area contributed by atoms with Gasteiger partial charge in [-0.25, -0.2) is 0 Å². The van der Waals surface area contributed by atoms with E-state index in [1.165, 1.54) is 0 Å². The molecule has 4 heteroatoms. The first-order chi connectivity index (χ1) is 10.1. The molecule has 1 aliphatic heterocycles. The van der Waals surface area contributed by atoms with Gasteiger partial charge in [-0.3, -0.25) is 9.59 Å². The van der Waals surface area contributed by atoms with Crippen molar-refractivity contribution in [1.29, 1.82) is 0 Å². The number of rotatable bonds is 13. The third-order valence-electron chi connectivity index (χ3n) is 4.04. The predicted octanol–water partition coefficient (Wildman–Crippen LogP) is 3.66. The standard InChI is InChI=1S/C17H30O4/c1-3-20-17(19)12-7-5-4-6-9-15(14(2)18)10-8-11-16-13-21-16/h15-16H,3-13H2,1-2H3. The fourth-order valence-electron chi connectivity index (χ4n) is 2.62. The number of ketones is 1. The molecule has 21 heavy (non-hydrogen) atoms. The summed E-state index contributed by atoms with van der Waals surface area (Å²) in [7, 11) is 0. The Morgan fingerprint density at radius 3 is 2.43 bits per heavy atom. The molecule has 1 saturated heterocycles. The Morgan fingerprint density at radius 2 is 1.81 bits per heavy atom. The van der Waals surface area contributed by atoms with E-state index < -0.39 is 0 Å². The van der Waals surface area contributed by atoms with Crippen molar-refractivity contribution in [3.8, 4) is 0 Å². The maximum absolute atomic E-state index is 11.6. The molecule has 0 bridgehead atoms. The molecule has 1 heterocycles. The molecule has 0 aliphatic carbocycles. The Labute approximate surface area is 128 Å². The molecule has 1 fully saturated rings. The topological polar surface area (TPSA) is 55.9 Å². The molecule has 1 aliphatic rings. The minimum atomic E-state index is -0.0959. The van der Waals surface area contributed by atoms with Crippen molar-refractivity contribution in [1.82, 2.24) is 0 Å². The van der Waals surface area contributed by atoms with Crippen LogP contribution in [0.5, 0.6) is 0 Å². The average Bonchev–Trinajstić information content (AvgIpc) is 3.24. The van der Waals surface area contributed by atoms with Gasteiger partial charge in [-0.05, 0) is 39.5 Å². The fraction of sp³-hybridized carbons (Fsp3) is 0.882. The zero-order valence-corrected chi connectivity index (χ0v) is 13.6. The molecule has 0 radical (unpaired) electrons. The van der Waals surface area contributed by atoms with Crippen LogP contribution in [0.4, 0.5) is 0 Å². The van der Waals surface area contributed by atoms with Crippen molar-refractivity contribution in [2.75, 3.05) is 13.2 Å². The average molecular weight is 298 g/mol. The first-order valence-electron chi connectivity index (χ1n) is 8.41. The maximum Gasteiger partial charge on any atom is 0.305 e. The van der Waals surface area contributed by atoms with Crippen molar-refractivity contribution >= 4 is 11.8 Å². The molecule has 0 N–H and O–H groups in total. The fourth-order valence-corrected chi connectivity index (χ4v) is 2.62. The SMILES string of the molecule is CCOC(=O)CCCCCCC(CCCC1CO1)C(C)=O. The summed E-state index contributed by atoms with van der Waals surface area (Å²) in [6, 6.07) is 0. The van der Waals surface area contributed by atoms with Crippen LogP contribution in [0.3, 0.4) is 0 Å². The van der Waals surface area contributed by atoms with Gasteiger partial charge in [0.25, 0.3) is 0 Å². The lowest BCUT2D eigenvalue weighted by molar-refractivity contribution is -0.143. The van der Waals surface area contributed by atoms with Gasteiger partial charge in [0.1, 0.15) is 5.78 Å². The normalized spacial score (nSPS) is 18.3. The minimum Gasteiger partial charge on any atom is -0.466 e. The van der Waals surface area contributed by atoms with E-state index in [0.717, 1.165) is 58.0 Å². The molecule has 0 amide bonds. The highest BCUT2D eigenvalue weighted by Gasteiger charge is 2.22. The zero-order valence-electron chi connectivity index (χ0n) is 13.6. The van der Waals surface area contributed by atoms with Gasteiger partial charge in [-0.2, -0.15) is 0 Å². The molecule has 0 saturated carbocycles. The monoisotopic (exact) mass is 298 g/mol. The number of epoxide rings is 1.